The monoisotopic (exact) mass is 659 g/mol. The van der Waals surface area contributed by atoms with Crippen LogP contribution in [-0.2, 0) is 38.0 Å². The van der Waals surface area contributed by atoms with Gasteiger partial charge in [0.1, 0.15) is 18.4 Å². The number of carbonyl (C=O) groups is 2. The highest BCUT2D eigenvalue weighted by Gasteiger charge is 2.51. The number of nitrogens with one attached hydrogen (secondary N) is 1. The molecule has 0 spiro atoms. The van der Waals surface area contributed by atoms with Crippen molar-refractivity contribution in [1.82, 2.24) is 10.2 Å². The van der Waals surface area contributed by atoms with E-state index in [1.54, 1.807) is 12.1 Å². The van der Waals surface area contributed by atoms with Gasteiger partial charge in [0.2, 0.25) is 21.8 Å². The molecule has 250 valence electrons. The van der Waals surface area contributed by atoms with Crippen LogP contribution >= 0.6 is 0 Å². The molecule has 0 aromatic heterocycles. The summed E-state index contributed by atoms with van der Waals surface area (Å²) in [5, 5.41) is 2.94. The molecule has 0 heterocycles. The van der Waals surface area contributed by atoms with E-state index < -0.39 is 34.3 Å². The lowest BCUT2D eigenvalue weighted by molar-refractivity contribution is -0.140. The largest absolute Gasteiger partial charge is 0.352 e. The first kappa shape index (κ1) is 33.2. The second kappa shape index (κ2) is 13.4. The Morgan fingerprint density at radius 1 is 0.851 bits per heavy atom. The summed E-state index contributed by atoms with van der Waals surface area (Å²) in [5.74, 6) is 1.08. The van der Waals surface area contributed by atoms with Crippen molar-refractivity contribution < 1.29 is 22.4 Å². The second-order valence-corrected chi connectivity index (χ2v) is 16.4. The first-order valence-electron chi connectivity index (χ1n) is 16.8. The fraction of sp³-hybridized carbons (Fsp3) is 0.474. The molecule has 4 bridgehead atoms. The van der Waals surface area contributed by atoms with E-state index in [1.165, 1.54) is 61.1 Å². The molecule has 4 aliphatic carbocycles. The molecule has 1 atom stereocenters. The van der Waals surface area contributed by atoms with Gasteiger partial charge in [-0.2, -0.15) is 0 Å². The summed E-state index contributed by atoms with van der Waals surface area (Å²) in [6, 6.07) is 21.9. The van der Waals surface area contributed by atoms with Crippen LogP contribution in [-0.4, -0.2) is 50.0 Å². The summed E-state index contributed by atoms with van der Waals surface area (Å²) in [6.45, 7) is 3.23. The van der Waals surface area contributed by atoms with Crippen molar-refractivity contribution in [3.8, 4) is 0 Å². The summed E-state index contributed by atoms with van der Waals surface area (Å²) < 4.78 is 41.5. The van der Waals surface area contributed by atoms with E-state index in [2.05, 4.69) is 17.4 Å². The van der Waals surface area contributed by atoms with E-state index in [0.29, 0.717) is 11.3 Å². The minimum Gasteiger partial charge on any atom is -0.352 e. The first-order chi connectivity index (χ1) is 22.4. The zero-order chi connectivity index (χ0) is 33.3. The number of halogens is 1. The fourth-order valence-corrected chi connectivity index (χ4v) is 9.63. The molecule has 3 aromatic carbocycles. The lowest BCUT2D eigenvalue weighted by Crippen LogP contribution is -2.54. The number of hydrogen-bond acceptors (Lipinski definition) is 4. The van der Waals surface area contributed by atoms with Crippen molar-refractivity contribution in [1.29, 1.82) is 0 Å². The molecule has 9 heteroatoms. The lowest BCUT2D eigenvalue weighted by atomic mass is 9.48. The van der Waals surface area contributed by atoms with Crippen LogP contribution in [0.3, 0.4) is 0 Å². The van der Waals surface area contributed by atoms with E-state index in [4.69, 9.17) is 0 Å². The smallest absolute Gasteiger partial charge is 0.244 e. The summed E-state index contributed by atoms with van der Waals surface area (Å²) in [5.41, 5.74) is 3.34. The number of amides is 2. The van der Waals surface area contributed by atoms with Gasteiger partial charge in [0.15, 0.2) is 0 Å². The van der Waals surface area contributed by atoms with Crippen molar-refractivity contribution in [3.63, 3.8) is 0 Å². The predicted molar refractivity (Wildman–Crippen MR) is 183 cm³/mol. The van der Waals surface area contributed by atoms with Crippen molar-refractivity contribution in [2.75, 3.05) is 17.1 Å². The molecular weight excluding hydrogens is 614 g/mol. The Morgan fingerprint density at radius 2 is 1.43 bits per heavy atom. The Kier molecular flexibility index (Phi) is 9.47. The maximum Gasteiger partial charge on any atom is 0.244 e. The van der Waals surface area contributed by atoms with E-state index in [1.807, 2.05) is 56.3 Å². The second-order valence-electron chi connectivity index (χ2n) is 14.5. The zero-order valence-electron chi connectivity index (χ0n) is 27.6. The highest BCUT2D eigenvalue weighted by Crippen LogP contribution is 2.60. The molecule has 4 fully saturated rings. The summed E-state index contributed by atoms with van der Waals surface area (Å²) >= 11 is 0. The Balaban J connectivity index is 1.30. The normalized spacial score (nSPS) is 23.8. The SMILES string of the molecule is CC(C)NC(=O)[C@H](Cc1ccccc1)N(Cc1ccc(F)cc1)C(=O)CN(c1ccc(C23CC4CC(CC(C4)C2)C3)cc1)S(C)(=O)=O. The summed E-state index contributed by atoms with van der Waals surface area (Å²) in [4.78, 5) is 29.5. The number of hydrogen-bond donors (Lipinski definition) is 1. The Hall–Kier alpha value is -3.72. The maximum atomic E-state index is 14.3. The van der Waals surface area contributed by atoms with Gasteiger partial charge in [0.25, 0.3) is 0 Å². The summed E-state index contributed by atoms with van der Waals surface area (Å²) in [6.07, 6.45) is 8.96. The number of nitrogens with zero attached hydrogens (tertiary/aromatic N) is 2. The van der Waals surface area contributed by atoms with Crippen LogP contribution in [0.4, 0.5) is 10.1 Å². The Labute approximate surface area is 278 Å². The average molecular weight is 660 g/mol. The molecule has 7 nitrogen and oxygen atoms in total. The summed E-state index contributed by atoms with van der Waals surface area (Å²) in [7, 11) is -3.87. The molecule has 0 saturated heterocycles. The third-order valence-corrected chi connectivity index (χ3v) is 11.6. The number of benzene rings is 3. The lowest BCUT2D eigenvalue weighted by Gasteiger charge is -2.57. The van der Waals surface area contributed by atoms with Gasteiger partial charge in [-0.15, -0.1) is 0 Å². The molecule has 0 unspecified atom stereocenters. The first-order valence-corrected chi connectivity index (χ1v) is 18.7. The maximum absolute atomic E-state index is 14.3. The van der Waals surface area contributed by atoms with Crippen molar-refractivity contribution in [3.05, 3.63) is 101 Å². The van der Waals surface area contributed by atoms with Gasteiger partial charge in [0, 0.05) is 19.0 Å². The average Bonchev–Trinajstić information content (AvgIpc) is 3.01. The predicted octanol–water partition coefficient (Wildman–Crippen LogP) is 6.22. The van der Waals surface area contributed by atoms with Crippen LogP contribution in [0, 0.1) is 23.6 Å². The third kappa shape index (κ3) is 7.56. The van der Waals surface area contributed by atoms with Crippen LogP contribution in [0.25, 0.3) is 0 Å². The van der Waals surface area contributed by atoms with Crippen LogP contribution < -0.4 is 9.62 Å². The van der Waals surface area contributed by atoms with Crippen LogP contribution in [0.1, 0.15) is 69.1 Å². The van der Waals surface area contributed by atoms with Gasteiger partial charge in [-0.05, 0) is 116 Å². The Bertz CT molecular complexity index is 1640. The van der Waals surface area contributed by atoms with Crippen LogP contribution in [0.15, 0.2) is 78.9 Å². The van der Waals surface area contributed by atoms with Crippen LogP contribution in [0.2, 0.25) is 0 Å². The molecule has 2 amide bonds. The third-order valence-electron chi connectivity index (χ3n) is 10.5. The molecular formula is C38H46FN3O4S. The molecule has 47 heavy (non-hydrogen) atoms. The molecule has 0 aliphatic heterocycles. The Morgan fingerprint density at radius 3 is 1.96 bits per heavy atom. The van der Waals surface area contributed by atoms with Crippen molar-refractivity contribution in [2.45, 2.75) is 82.8 Å². The van der Waals surface area contributed by atoms with Gasteiger partial charge in [0.05, 0.1) is 11.9 Å². The van der Waals surface area contributed by atoms with Gasteiger partial charge in [-0.25, -0.2) is 12.8 Å². The highest BCUT2D eigenvalue weighted by atomic mass is 32.2. The molecule has 4 aliphatic rings. The van der Waals surface area contributed by atoms with Gasteiger partial charge >= 0.3 is 0 Å². The van der Waals surface area contributed by atoms with E-state index in [9.17, 15) is 22.4 Å². The van der Waals surface area contributed by atoms with E-state index in [0.717, 1.165) is 33.9 Å². The van der Waals surface area contributed by atoms with Crippen molar-refractivity contribution in [2.24, 2.45) is 17.8 Å². The molecule has 0 radical (unpaired) electrons. The zero-order valence-corrected chi connectivity index (χ0v) is 28.4. The molecule has 3 aromatic rings. The molecule has 7 rings (SSSR count). The van der Waals surface area contributed by atoms with Crippen molar-refractivity contribution >= 4 is 27.5 Å². The molecule has 1 N–H and O–H groups in total. The molecule has 4 saturated carbocycles. The van der Waals surface area contributed by atoms with Gasteiger partial charge in [-0.1, -0.05) is 54.6 Å². The number of sulfonamides is 1. The van der Waals surface area contributed by atoms with E-state index in [-0.39, 0.29) is 30.3 Å². The van der Waals surface area contributed by atoms with Crippen LogP contribution in [0.5, 0.6) is 0 Å². The van der Waals surface area contributed by atoms with Gasteiger partial charge in [-0.3, -0.25) is 13.9 Å². The quantitative estimate of drug-likeness (QED) is 0.250. The van der Waals surface area contributed by atoms with E-state index >= 15 is 0 Å². The minimum atomic E-state index is -3.87. The topological polar surface area (TPSA) is 86.8 Å². The number of anilines is 1. The standard InChI is InChI=1S/C38H46FN3O4S/c1-26(2)40-37(44)35(20-27-7-5-4-6-8-27)41(24-28-9-13-33(39)14-10-28)36(43)25-42(47(3,45)46)34-15-11-32(12-16-34)38-21-29-17-30(22-38)19-31(18-29)23-38/h4-16,26,29-31,35H,17-25H2,1-3H3,(H,40,44)/t29?,30?,31?,35-,38?/m0/s1. The number of rotatable bonds is 12. The van der Waals surface area contributed by atoms with Gasteiger partial charge < -0.3 is 10.2 Å². The fourth-order valence-electron chi connectivity index (χ4n) is 8.78. The highest BCUT2D eigenvalue weighted by molar-refractivity contribution is 7.92. The minimum absolute atomic E-state index is 0.00465. The number of carbonyl (C=O) groups excluding carboxylic acids is 2.